The first-order chi connectivity index (χ1) is 13.9. The molecule has 0 unspecified atom stereocenters. The van der Waals surface area contributed by atoms with Gasteiger partial charge in [0, 0.05) is 25.7 Å². The Labute approximate surface area is 165 Å². The molecule has 0 N–H and O–H groups in total. The van der Waals surface area contributed by atoms with Crippen LogP contribution in [0.2, 0.25) is 0 Å². The minimum Gasteiger partial charge on any atom is -0.465 e. The molecule has 3 aromatic rings. The highest BCUT2D eigenvalue weighted by molar-refractivity contribution is 5.91. The number of likely N-dealkylation sites (tertiary alicyclic amines) is 1. The number of benzene rings is 1. The summed E-state index contributed by atoms with van der Waals surface area (Å²) in [7, 11) is 0. The highest BCUT2D eigenvalue weighted by atomic mass is 19.4. The van der Waals surface area contributed by atoms with Crippen molar-refractivity contribution in [2.24, 2.45) is 5.92 Å². The molecule has 0 atom stereocenters. The summed E-state index contributed by atoms with van der Waals surface area (Å²) < 4.78 is 46.8. The lowest BCUT2D eigenvalue weighted by Crippen LogP contribution is -2.38. The molecule has 152 valence electrons. The van der Waals surface area contributed by atoms with Crippen molar-refractivity contribution in [1.29, 1.82) is 0 Å². The average molecular weight is 403 g/mol. The molecule has 4 rings (SSSR count). The van der Waals surface area contributed by atoms with Crippen LogP contribution in [0.3, 0.4) is 0 Å². The number of imidazole rings is 1. The summed E-state index contributed by atoms with van der Waals surface area (Å²) in [6.45, 7) is 1.26. The lowest BCUT2D eigenvalue weighted by Gasteiger charge is -2.32. The quantitative estimate of drug-likeness (QED) is 0.599. The predicted octanol–water partition coefficient (Wildman–Crippen LogP) is 4.60. The van der Waals surface area contributed by atoms with E-state index in [4.69, 9.17) is 4.42 Å². The first-order valence-electron chi connectivity index (χ1n) is 9.45. The van der Waals surface area contributed by atoms with E-state index in [1.54, 1.807) is 47.4 Å². The fraction of sp³-hybridized carbons (Fsp3) is 0.333. The first kappa shape index (κ1) is 19.3. The van der Waals surface area contributed by atoms with Gasteiger partial charge in [0.1, 0.15) is 5.76 Å². The lowest BCUT2D eigenvalue weighted by molar-refractivity contribution is -0.147. The number of carbonyl (C=O) groups excluding carboxylic acids is 1. The second kappa shape index (κ2) is 7.77. The van der Waals surface area contributed by atoms with Crippen LogP contribution < -0.4 is 0 Å². The van der Waals surface area contributed by atoms with Crippen molar-refractivity contribution in [2.75, 3.05) is 13.1 Å². The van der Waals surface area contributed by atoms with Crippen LogP contribution in [0.4, 0.5) is 13.2 Å². The molecule has 3 heterocycles. The zero-order chi connectivity index (χ0) is 20.4. The van der Waals surface area contributed by atoms with Gasteiger partial charge in [-0.15, -0.1) is 0 Å². The topological polar surface area (TPSA) is 51.3 Å². The van der Waals surface area contributed by atoms with Gasteiger partial charge in [-0.2, -0.15) is 13.2 Å². The summed E-state index contributed by atoms with van der Waals surface area (Å²) in [6, 6.07) is 10.1. The smallest absolute Gasteiger partial charge is 0.449 e. The zero-order valence-corrected chi connectivity index (χ0v) is 15.6. The fourth-order valence-electron chi connectivity index (χ4n) is 3.72. The van der Waals surface area contributed by atoms with Crippen molar-refractivity contribution in [1.82, 2.24) is 14.5 Å². The summed E-state index contributed by atoms with van der Waals surface area (Å²) in [5.74, 6) is -0.339. The Hall–Kier alpha value is -3.03. The third-order valence-corrected chi connectivity index (χ3v) is 5.21. The van der Waals surface area contributed by atoms with Gasteiger partial charge in [0.2, 0.25) is 11.7 Å². The Balaban J connectivity index is 1.43. The van der Waals surface area contributed by atoms with E-state index in [0.717, 1.165) is 0 Å². The molecule has 0 saturated carbocycles. The molecule has 5 nitrogen and oxygen atoms in total. The Kier molecular flexibility index (Phi) is 5.17. The van der Waals surface area contributed by atoms with Crippen LogP contribution in [0.15, 0.2) is 53.2 Å². The van der Waals surface area contributed by atoms with E-state index in [1.165, 1.54) is 16.9 Å². The molecule has 1 fully saturated rings. The van der Waals surface area contributed by atoms with E-state index in [2.05, 4.69) is 4.98 Å². The fourth-order valence-corrected chi connectivity index (χ4v) is 3.72. The molecule has 1 aromatic carbocycles. The number of furan rings is 1. The van der Waals surface area contributed by atoms with Crippen molar-refractivity contribution in [3.8, 4) is 0 Å². The number of rotatable bonds is 4. The van der Waals surface area contributed by atoms with Gasteiger partial charge in [0.05, 0.1) is 17.3 Å². The molecule has 1 aliphatic heterocycles. The maximum Gasteiger partial charge on any atom is 0.449 e. The molecule has 2 aromatic heterocycles. The van der Waals surface area contributed by atoms with Crippen LogP contribution in [0, 0.1) is 5.92 Å². The van der Waals surface area contributed by atoms with Crippen LogP contribution in [-0.4, -0.2) is 33.4 Å². The van der Waals surface area contributed by atoms with Gasteiger partial charge >= 0.3 is 6.18 Å². The first-order valence-corrected chi connectivity index (χ1v) is 9.45. The Morgan fingerprint density at radius 2 is 1.93 bits per heavy atom. The molecule has 0 radical (unpaired) electrons. The minimum absolute atomic E-state index is 0.0480. The van der Waals surface area contributed by atoms with Crippen molar-refractivity contribution in [2.45, 2.75) is 25.6 Å². The van der Waals surface area contributed by atoms with Crippen LogP contribution in [-0.2, 0) is 17.5 Å². The Morgan fingerprint density at radius 1 is 1.17 bits per heavy atom. The third-order valence-electron chi connectivity index (χ3n) is 5.21. The summed E-state index contributed by atoms with van der Waals surface area (Å²) >= 11 is 0. The van der Waals surface area contributed by atoms with Gasteiger partial charge in [-0.1, -0.05) is 12.1 Å². The molecule has 0 aliphatic carbocycles. The van der Waals surface area contributed by atoms with Gasteiger partial charge < -0.3 is 13.9 Å². The monoisotopic (exact) mass is 403 g/mol. The number of para-hydroxylation sites is 2. The van der Waals surface area contributed by atoms with Crippen molar-refractivity contribution < 1.29 is 22.4 Å². The Bertz CT molecular complexity index is 1010. The second-order valence-corrected chi connectivity index (χ2v) is 7.15. The third kappa shape index (κ3) is 4.21. The van der Waals surface area contributed by atoms with Crippen molar-refractivity contribution in [3.63, 3.8) is 0 Å². The van der Waals surface area contributed by atoms with Crippen molar-refractivity contribution in [3.05, 3.63) is 60.3 Å². The van der Waals surface area contributed by atoms with Gasteiger partial charge in [0.25, 0.3) is 0 Å². The molecule has 0 bridgehead atoms. The molecule has 1 saturated heterocycles. The van der Waals surface area contributed by atoms with Gasteiger partial charge in [-0.05, 0) is 49.1 Å². The Morgan fingerprint density at radius 3 is 2.62 bits per heavy atom. The average Bonchev–Trinajstić information content (AvgIpc) is 3.35. The zero-order valence-electron chi connectivity index (χ0n) is 15.6. The predicted molar refractivity (Wildman–Crippen MR) is 102 cm³/mol. The lowest BCUT2D eigenvalue weighted by atomic mass is 9.96. The summed E-state index contributed by atoms with van der Waals surface area (Å²) in [4.78, 5) is 17.8. The SMILES string of the molecule is O=C(/C=C/c1ccco1)N1CCC(Cn2c(C(F)(F)F)nc3ccccc32)CC1. The summed E-state index contributed by atoms with van der Waals surface area (Å²) in [5.41, 5.74) is 0.829. The normalized spacial score (nSPS) is 16.2. The van der Waals surface area contributed by atoms with E-state index < -0.39 is 12.0 Å². The van der Waals surface area contributed by atoms with Crippen LogP contribution in [0.1, 0.15) is 24.4 Å². The number of piperidine rings is 1. The van der Waals surface area contributed by atoms with Crippen LogP contribution in [0.5, 0.6) is 0 Å². The number of hydrogen-bond donors (Lipinski definition) is 0. The van der Waals surface area contributed by atoms with E-state index in [0.29, 0.717) is 42.7 Å². The van der Waals surface area contributed by atoms with E-state index in [-0.39, 0.29) is 18.4 Å². The van der Waals surface area contributed by atoms with Crippen molar-refractivity contribution >= 4 is 23.0 Å². The summed E-state index contributed by atoms with van der Waals surface area (Å²) in [5, 5.41) is 0. The van der Waals surface area contributed by atoms with Gasteiger partial charge in [-0.25, -0.2) is 4.98 Å². The van der Waals surface area contributed by atoms with Crippen LogP contribution >= 0.6 is 0 Å². The molecule has 29 heavy (non-hydrogen) atoms. The second-order valence-electron chi connectivity index (χ2n) is 7.15. The number of fused-ring (bicyclic) bond motifs is 1. The number of halogens is 3. The number of carbonyl (C=O) groups is 1. The minimum atomic E-state index is -4.51. The van der Waals surface area contributed by atoms with E-state index in [9.17, 15) is 18.0 Å². The van der Waals surface area contributed by atoms with Gasteiger partial charge in [0.15, 0.2) is 0 Å². The van der Waals surface area contributed by atoms with Gasteiger partial charge in [-0.3, -0.25) is 4.79 Å². The van der Waals surface area contributed by atoms with E-state index >= 15 is 0 Å². The number of hydrogen-bond acceptors (Lipinski definition) is 3. The standard InChI is InChI=1S/C21H20F3N3O2/c22-21(23,24)20-25-17-5-1-2-6-18(17)27(20)14-15-9-11-26(12-10-15)19(28)8-7-16-4-3-13-29-16/h1-8,13,15H,9-12,14H2/b8-7+. The van der Waals surface area contributed by atoms with Crippen LogP contribution in [0.25, 0.3) is 17.1 Å². The summed E-state index contributed by atoms with van der Waals surface area (Å²) in [6.07, 6.45) is 1.39. The largest absolute Gasteiger partial charge is 0.465 e. The molecule has 0 spiro atoms. The molecule has 8 heteroatoms. The molecule has 1 amide bonds. The molecular formula is C21H20F3N3O2. The molecular weight excluding hydrogens is 383 g/mol. The number of aromatic nitrogens is 2. The maximum absolute atomic E-state index is 13.5. The maximum atomic E-state index is 13.5. The number of amides is 1. The molecule has 1 aliphatic rings. The number of nitrogens with zero attached hydrogens (tertiary/aromatic N) is 3. The highest BCUT2D eigenvalue weighted by Gasteiger charge is 2.38. The number of alkyl halides is 3. The van der Waals surface area contributed by atoms with E-state index in [1.807, 2.05) is 0 Å². The highest BCUT2D eigenvalue weighted by Crippen LogP contribution is 2.33.